The summed E-state index contributed by atoms with van der Waals surface area (Å²) in [5.74, 6) is 0.785. The number of hydrogen-bond acceptors (Lipinski definition) is 3. The van der Waals surface area contributed by atoms with E-state index in [9.17, 15) is 0 Å². The van der Waals surface area contributed by atoms with E-state index in [4.69, 9.17) is 11.6 Å². The molecule has 108 valence electrons. The Morgan fingerprint density at radius 1 is 1.47 bits per heavy atom. The largest absolute Gasteiger partial charge is 0.314 e. The molecule has 2 rings (SSSR count). The van der Waals surface area contributed by atoms with Crippen LogP contribution < -0.4 is 5.32 Å². The second-order valence-electron chi connectivity index (χ2n) is 5.93. The topological polar surface area (TPSA) is 15.3 Å². The maximum absolute atomic E-state index is 6.05. The lowest BCUT2D eigenvalue weighted by Gasteiger charge is -2.37. The standard InChI is InChI=1S/C15H25ClN2S/c1-11(2)17-8-13-5-4-6-18(9-13)12(3)14-7-15(16)19-10-14/h7,10-13,17H,4-6,8-9H2,1-3H3. The molecule has 1 aromatic heterocycles. The molecule has 0 amide bonds. The monoisotopic (exact) mass is 300 g/mol. The van der Waals surface area contributed by atoms with Crippen LogP contribution in [0.3, 0.4) is 0 Å². The zero-order valence-corrected chi connectivity index (χ0v) is 13.7. The third kappa shape index (κ3) is 4.45. The molecule has 0 aromatic carbocycles. The van der Waals surface area contributed by atoms with Gasteiger partial charge < -0.3 is 5.32 Å². The first-order valence-electron chi connectivity index (χ1n) is 7.27. The van der Waals surface area contributed by atoms with Crippen molar-refractivity contribution in [3.63, 3.8) is 0 Å². The molecule has 0 aliphatic carbocycles. The number of rotatable bonds is 5. The van der Waals surface area contributed by atoms with Crippen molar-refractivity contribution in [2.45, 2.75) is 45.7 Å². The Bertz CT molecular complexity index is 391. The highest BCUT2D eigenvalue weighted by Gasteiger charge is 2.24. The molecular weight excluding hydrogens is 276 g/mol. The SMILES string of the molecule is CC(C)NCC1CCCN(C(C)c2csc(Cl)c2)C1. The van der Waals surface area contributed by atoms with Gasteiger partial charge in [0.05, 0.1) is 4.34 Å². The van der Waals surface area contributed by atoms with Gasteiger partial charge in [-0.3, -0.25) is 4.90 Å². The highest BCUT2D eigenvalue weighted by atomic mass is 35.5. The van der Waals surface area contributed by atoms with Crippen LogP contribution in [0.4, 0.5) is 0 Å². The van der Waals surface area contributed by atoms with Crippen LogP contribution >= 0.6 is 22.9 Å². The Hall–Kier alpha value is -0.0900. The molecule has 1 aromatic rings. The van der Waals surface area contributed by atoms with Gasteiger partial charge in [0, 0.05) is 18.6 Å². The highest BCUT2D eigenvalue weighted by molar-refractivity contribution is 7.14. The van der Waals surface area contributed by atoms with E-state index in [1.54, 1.807) is 11.3 Å². The van der Waals surface area contributed by atoms with Crippen LogP contribution in [0.5, 0.6) is 0 Å². The van der Waals surface area contributed by atoms with E-state index in [1.807, 2.05) is 0 Å². The fourth-order valence-corrected chi connectivity index (χ4v) is 3.75. The van der Waals surface area contributed by atoms with Gasteiger partial charge in [-0.25, -0.2) is 0 Å². The lowest BCUT2D eigenvalue weighted by atomic mass is 9.95. The van der Waals surface area contributed by atoms with Gasteiger partial charge in [0.1, 0.15) is 0 Å². The number of nitrogens with zero attached hydrogens (tertiary/aromatic N) is 1. The van der Waals surface area contributed by atoms with Crippen molar-refractivity contribution in [2.24, 2.45) is 5.92 Å². The van der Waals surface area contributed by atoms with Crippen molar-refractivity contribution in [2.75, 3.05) is 19.6 Å². The van der Waals surface area contributed by atoms with E-state index in [-0.39, 0.29) is 0 Å². The number of piperidine rings is 1. The first kappa shape index (κ1) is 15.3. The Morgan fingerprint density at radius 3 is 2.89 bits per heavy atom. The van der Waals surface area contributed by atoms with Gasteiger partial charge in [-0.15, -0.1) is 11.3 Å². The van der Waals surface area contributed by atoms with Crippen molar-refractivity contribution >= 4 is 22.9 Å². The van der Waals surface area contributed by atoms with E-state index in [1.165, 1.54) is 31.5 Å². The van der Waals surface area contributed by atoms with E-state index in [0.29, 0.717) is 12.1 Å². The van der Waals surface area contributed by atoms with Crippen LogP contribution in [0, 0.1) is 5.92 Å². The van der Waals surface area contributed by atoms with Crippen LogP contribution in [0.15, 0.2) is 11.4 Å². The van der Waals surface area contributed by atoms with Crippen LogP contribution in [-0.4, -0.2) is 30.6 Å². The Morgan fingerprint density at radius 2 is 2.26 bits per heavy atom. The highest BCUT2D eigenvalue weighted by Crippen LogP contribution is 2.30. The van der Waals surface area contributed by atoms with Crippen molar-refractivity contribution in [3.8, 4) is 0 Å². The molecule has 1 aliphatic rings. The van der Waals surface area contributed by atoms with E-state index in [0.717, 1.165) is 16.8 Å². The zero-order valence-electron chi connectivity index (χ0n) is 12.2. The third-order valence-electron chi connectivity index (χ3n) is 3.98. The third-order valence-corrected chi connectivity index (χ3v) is 5.09. The summed E-state index contributed by atoms with van der Waals surface area (Å²) < 4.78 is 0.900. The Kier molecular flexibility index (Phi) is 5.70. The molecule has 1 N–H and O–H groups in total. The number of likely N-dealkylation sites (tertiary alicyclic amines) is 1. The molecule has 4 heteroatoms. The predicted molar refractivity (Wildman–Crippen MR) is 85.2 cm³/mol. The summed E-state index contributed by atoms with van der Waals surface area (Å²) in [6, 6.07) is 3.20. The lowest BCUT2D eigenvalue weighted by molar-refractivity contribution is 0.129. The molecule has 19 heavy (non-hydrogen) atoms. The lowest BCUT2D eigenvalue weighted by Crippen LogP contribution is -2.41. The maximum atomic E-state index is 6.05. The normalized spacial score (nSPS) is 22.9. The summed E-state index contributed by atoms with van der Waals surface area (Å²) in [4.78, 5) is 2.61. The molecule has 0 radical (unpaired) electrons. The smallest absolute Gasteiger partial charge is 0.0931 e. The van der Waals surface area contributed by atoms with Gasteiger partial charge in [0.25, 0.3) is 0 Å². The number of thiophene rings is 1. The summed E-state index contributed by atoms with van der Waals surface area (Å²) in [7, 11) is 0. The second-order valence-corrected chi connectivity index (χ2v) is 7.47. The summed E-state index contributed by atoms with van der Waals surface area (Å²) in [6.45, 7) is 10.3. The Balaban J connectivity index is 1.89. The van der Waals surface area contributed by atoms with Crippen LogP contribution in [0.25, 0.3) is 0 Å². The molecule has 1 fully saturated rings. The minimum atomic E-state index is 0.491. The minimum Gasteiger partial charge on any atom is -0.314 e. The maximum Gasteiger partial charge on any atom is 0.0931 e. The first-order valence-corrected chi connectivity index (χ1v) is 8.53. The molecule has 1 aliphatic heterocycles. The predicted octanol–water partition coefficient (Wildman–Crippen LogP) is 4.17. The van der Waals surface area contributed by atoms with Crippen molar-refractivity contribution < 1.29 is 0 Å². The first-order chi connectivity index (χ1) is 9.06. The molecule has 0 bridgehead atoms. The molecule has 2 unspecified atom stereocenters. The van der Waals surface area contributed by atoms with Crippen LogP contribution in [0.2, 0.25) is 4.34 Å². The summed E-state index contributed by atoms with van der Waals surface area (Å²) in [6.07, 6.45) is 2.67. The van der Waals surface area contributed by atoms with Crippen molar-refractivity contribution in [1.82, 2.24) is 10.2 Å². The van der Waals surface area contributed by atoms with Crippen molar-refractivity contribution in [3.05, 3.63) is 21.3 Å². The Labute approximate surface area is 126 Å². The number of hydrogen-bond donors (Lipinski definition) is 1. The number of nitrogens with one attached hydrogen (secondary N) is 1. The molecule has 0 spiro atoms. The fourth-order valence-electron chi connectivity index (χ4n) is 2.77. The quantitative estimate of drug-likeness (QED) is 0.878. The number of halogens is 1. The van der Waals surface area contributed by atoms with E-state index >= 15 is 0 Å². The van der Waals surface area contributed by atoms with Crippen LogP contribution in [-0.2, 0) is 0 Å². The second kappa shape index (κ2) is 7.07. The van der Waals surface area contributed by atoms with Gasteiger partial charge in [-0.2, -0.15) is 0 Å². The van der Waals surface area contributed by atoms with E-state index in [2.05, 4.69) is 42.4 Å². The van der Waals surface area contributed by atoms with Gasteiger partial charge in [0.2, 0.25) is 0 Å². The average molecular weight is 301 g/mol. The summed E-state index contributed by atoms with van der Waals surface area (Å²) in [5, 5.41) is 5.77. The molecule has 1 saturated heterocycles. The summed E-state index contributed by atoms with van der Waals surface area (Å²) >= 11 is 7.68. The fraction of sp³-hybridized carbons (Fsp3) is 0.733. The van der Waals surface area contributed by atoms with Gasteiger partial charge in [-0.05, 0) is 55.8 Å². The van der Waals surface area contributed by atoms with Crippen LogP contribution in [0.1, 0.15) is 45.2 Å². The van der Waals surface area contributed by atoms with Gasteiger partial charge >= 0.3 is 0 Å². The summed E-state index contributed by atoms with van der Waals surface area (Å²) in [5.41, 5.74) is 1.37. The minimum absolute atomic E-state index is 0.491. The molecule has 2 heterocycles. The average Bonchev–Trinajstić information content (AvgIpc) is 2.82. The van der Waals surface area contributed by atoms with Gasteiger partial charge in [-0.1, -0.05) is 25.4 Å². The van der Waals surface area contributed by atoms with E-state index < -0.39 is 0 Å². The molecule has 2 atom stereocenters. The zero-order chi connectivity index (χ0) is 13.8. The van der Waals surface area contributed by atoms with Gasteiger partial charge in [0.15, 0.2) is 0 Å². The molecule has 2 nitrogen and oxygen atoms in total. The van der Waals surface area contributed by atoms with Crippen molar-refractivity contribution in [1.29, 1.82) is 0 Å². The molecular formula is C15H25ClN2S. The molecule has 0 saturated carbocycles.